The van der Waals surface area contributed by atoms with Gasteiger partial charge in [0, 0.05) is 12.6 Å². The number of nitrogen functional groups attached to an aromatic ring is 1. The number of anilines is 2. The van der Waals surface area contributed by atoms with Gasteiger partial charge < -0.3 is 15.4 Å². The predicted molar refractivity (Wildman–Crippen MR) is 68.1 cm³/mol. The van der Waals surface area contributed by atoms with Gasteiger partial charge in [-0.2, -0.15) is 13.2 Å². The van der Waals surface area contributed by atoms with Crippen LogP contribution in [0.2, 0.25) is 0 Å². The van der Waals surface area contributed by atoms with Crippen molar-refractivity contribution in [2.24, 2.45) is 0 Å². The minimum atomic E-state index is -4.36. The second kappa shape index (κ2) is 4.92. The van der Waals surface area contributed by atoms with Gasteiger partial charge in [0.1, 0.15) is 0 Å². The fourth-order valence-electron chi connectivity index (χ4n) is 2.23. The Bertz CT molecular complexity index is 462. The number of halogens is 3. The third-order valence-electron chi connectivity index (χ3n) is 3.27. The minimum Gasteiger partial charge on any atom is -0.397 e. The number of morpholine rings is 1. The Morgan fingerprint density at radius 2 is 2.00 bits per heavy atom. The molecule has 0 spiro atoms. The maximum absolute atomic E-state index is 12.6. The third kappa shape index (κ3) is 2.94. The lowest BCUT2D eigenvalue weighted by Crippen LogP contribution is -2.47. The number of benzene rings is 1. The molecule has 3 nitrogen and oxygen atoms in total. The minimum absolute atomic E-state index is 0.0397. The van der Waals surface area contributed by atoms with Gasteiger partial charge in [0.05, 0.1) is 29.6 Å². The van der Waals surface area contributed by atoms with Gasteiger partial charge in [-0.05, 0) is 32.0 Å². The van der Waals surface area contributed by atoms with Crippen LogP contribution >= 0.6 is 0 Å². The first-order valence-corrected chi connectivity index (χ1v) is 6.14. The van der Waals surface area contributed by atoms with E-state index in [9.17, 15) is 13.2 Å². The van der Waals surface area contributed by atoms with Gasteiger partial charge in [-0.15, -0.1) is 0 Å². The zero-order chi connectivity index (χ0) is 14.2. The molecule has 1 aliphatic rings. The van der Waals surface area contributed by atoms with E-state index in [4.69, 9.17) is 10.5 Å². The van der Waals surface area contributed by atoms with E-state index < -0.39 is 11.7 Å². The Kier molecular flexibility index (Phi) is 3.62. The highest BCUT2D eigenvalue weighted by Gasteiger charge is 2.32. The van der Waals surface area contributed by atoms with E-state index in [0.29, 0.717) is 18.8 Å². The van der Waals surface area contributed by atoms with Crippen molar-refractivity contribution < 1.29 is 17.9 Å². The van der Waals surface area contributed by atoms with Crippen LogP contribution in [0.3, 0.4) is 0 Å². The van der Waals surface area contributed by atoms with Crippen molar-refractivity contribution in [3.63, 3.8) is 0 Å². The Hall–Kier alpha value is -1.43. The van der Waals surface area contributed by atoms with Gasteiger partial charge >= 0.3 is 6.18 Å². The van der Waals surface area contributed by atoms with Crippen LogP contribution in [0.4, 0.5) is 24.5 Å². The Morgan fingerprint density at radius 3 is 2.58 bits per heavy atom. The molecule has 106 valence electrons. The molecule has 0 saturated carbocycles. The number of nitrogens with two attached hydrogens (primary N) is 1. The molecular weight excluding hydrogens is 257 g/mol. The first-order valence-electron chi connectivity index (χ1n) is 6.14. The van der Waals surface area contributed by atoms with E-state index in [0.717, 1.165) is 12.1 Å². The lowest BCUT2D eigenvalue weighted by molar-refractivity contribution is -0.137. The smallest absolute Gasteiger partial charge is 0.397 e. The van der Waals surface area contributed by atoms with E-state index in [1.54, 1.807) is 0 Å². The number of hydrogen-bond acceptors (Lipinski definition) is 3. The zero-order valence-electron chi connectivity index (χ0n) is 10.9. The summed E-state index contributed by atoms with van der Waals surface area (Å²) in [5, 5.41) is 0. The number of nitrogens with zero attached hydrogens (tertiary/aromatic N) is 1. The third-order valence-corrected chi connectivity index (χ3v) is 3.27. The summed E-state index contributed by atoms with van der Waals surface area (Å²) in [4.78, 5) is 1.99. The summed E-state index contributed by atoms with van der Waals surface area (Å²) in [7, 11) is 0. The molecular formula is C13H17F3N2O. The molecule has 1 aromatic rings. The quantitative estimate of drug-likeness (QED) is 0.800. The molecule has 2 atom stereocenters. The molecule has 0 radical (unpaired) electrons. The molecule has 0 aromatic heterocycles. The van der Waals surface area contributed by atoms with Crippen LogP contribution < -0.4 is 10.6 Å². The van der Waals surface area contributed by atoms with Gasteiger partial charge in [-0.3, -0.25) is 0 Å². The van der Waals surface area contributed by atoms with Crippen molar-refractivity contribution in [3.05, 3.63) is 23.8 Å². The van der Waals surface area contributed by atoms with Crippen LogP contribution in [-0.2, 0) is 10.9 Å². The standard InChI is InChI=1S/C13H17F3N2O/c1-8-7-19-9(2)6-18(8)12-4-3-10(5-11(12)17)13(14,15)16/h3-5,8-9H,6-7,17H2,1-2H3. The van der Waals surface area contributed by atoms with Crippen molar-refractivity contribution in [2.45, 2.75) is 32.2 Å². The molecule has 1 saturated heterocycles. The normalized spacial score (nSPS) is 24.6. The SMILES string of the molecule is CC1CN(c2ccc(C(F)(F)F)cc2N)C(C)CO1. The lowest BCUT2D eigenvalue weighted by atomic mass is 10.1. The van der Waals surface area contributed by atoms with E-state index in [1.165, 1.54) is 6.07 Å². The number of ether oxygens (including phenoxy) is 1. The summed E-state index contributed by atoms with van der Waals surface area (Å²) in [6.07, 6.45) is -4.32. The molecule has 2 unspecified atom stereocenters. The first-order chi connectivity index (χ1) is 8.79. The van der Waals surface area contributed by atoms with Crippen molar-refractivity contribution >= 4 is 11.4 Å². The van der Waals surface area contributed by atoms with Crippen LogP contribution in [0.15, 0.2) is 18.2 Å². The summed E-state index contributed by atoms with van der Waals surface area (Å²) in [6.45, 7) is 5.06. The average molecular weight is 274 g/mol. The summed E-state index contributed by atoms with van der Waals surface area (Å²) < 4.78 is 43.3. The van der Waals surface area contributed by atoms with Gasteiger partial charge in [0.2, 0.25) is 0 Å². The summed E-state index contributed by atoms with van der Waals surface area (Å²) in [5.41, 5.74) is 5.84. The molecule has 0 bridgehead atoms. The van der Waals surface area contributed by atoms with Crippen molar-refractivity contribution in [1.82, 2.24) is 0 Å². The van der Waals surface area contributed by atoms with Crippen LogP contribution in [-0.4, -0.2) is 25.3 Å². The van der Waals surface area contributed by atoms with Crippen molar-refractivity contribution in [1.29, 1.82) is 0 Å². The van der Waals surface area contributed by atoms with E-state index in [-0.39, 0.29) is 17.8 Å². The number of hydrogen-bond donors (Lipinski definition) is 1. The van der Waals surface area contributed by atoms with Crippen molar-refractivity contribution in [2.75, 3.05) is 23.8 Å². The molecule has 1 aliphatic heterocycles. The highest BCUT2D eigenvalue weighted by atomic mass is 19.4. The van der Waals surface area contributed by atoms with E-state index in [1.807, 2.05) is 18.7 Å². The fraction of sp³-hybridized carbons (Fsp3) is 0.538. The summed E-state index contributed by atoms with van der Waals surface area (Å²) in [6, 6.07) is 3.59. The highest BCUT2D eigenvalue weighted by Crippen LogP contribution is 2.35. The molecule has 1 fully saturated rings. The molecule has 19 heavy (non-hydrogen) atoms. The van der Waals surface area contributed by atoms with Crippen molar-refractivity contribution in [3.8, 4) is 0 Å². The van der Waals surface area contributed by atoms with Crippen LogP contribution in [0.25, 0.3) is 0 Å². The Balaban J connectivity index is 2.30. The van der Waals surface area contributed by atoms with Gasteiger partial charge in [-0.25, -0.2) is 0 Å². The molecule has 1 aromatic carbocycles. The largest absolute Gasteiger partial charge is 0.416 e. The zero-order valence-corrected chi connectivity index (χ0v) is 10.9. The molecule has 1 heterocycles. The fourth-order valence-corrected chi connectivity index (χ4v) is 2.23. The second-order valence-electron chi connectivity index (χ2n) is 4.92. The molecule has 6 heteroatoms. The van der Waals surface area contributed by atoms with Crippen LogP contribution in [0.1, 0.15) is 19.4 Å². The molecule has 0 aliphatic carbocycles. The monoisotopic (exact) mass is 274 g/mol. The number of alkyl halides is 3. The number of rotatable bonds is 1. The molecule has 0 amide bonds. The molecule has 2 N–H and O–H groups in total. The van der Waals surface area contributed by atoms with E-state index >= 15 is 0 Å². The van der Waals surface area contributed by atoms with Gasteiger partial charge in [0.15, 0.2) is 0 Å². The summed E-state index contributed by atoms with van der Waals surface area (Å²) in [5.74, 6) is 0. The van der Waals surface area contributed by atoms with E-state index in [2.05, 4.69) is 0 Å². The van der Waals surface area contributed by atoms with Gasteiger partial charge in [-0.1, -0.05) is 0 Å². The summed E-state index contributed by atoms with van der Waals surface area (Å²) >= 11 is 0. The topological polar surface area (TPSA) is 38.5 Å². The maximum atomic E-state index is 12.6. The first kappa shape index (κ1) is 14.0. The van der Waals surface area contributed by atoms with Gasteiger partial charge in [0.25, 0.3) is 0 Å². The Morgan fingerprint density at radius 1 is 1.32 bits per heavy atom. The van der Waals surface area contributed by atoms with Crippen LogP contribution in [0, 0.1) is 0 Å². The second-order valence-corrected chi connectivity index (χ2v) is 4.92. The predicted octanol–water partition coefficient (Wildman–Crippen LogP) is 2.90. The average Bonchev–Trinajstić information content (AvgIpc) is 2.31. The highest BCUT2D eigenvalue weighted by molar-refractivity contribution is 5.69. The lowest BCUT2D eigenvalue weighted by Gasteiger charge is -2.39. The Labute approximate surface area is 110 Å². The molecule has 2 rings (SSSR count). The van der Waals surface area contributed by atoms with Crippen LogP contribution in [0.5, 0.6) is 0 Å². The maximum Gasteiger partial charge on any atom is 0.416 e.